The summed E-state index contributed by atoms with van der Waals surface area (Å²) in [7, 11) is 4.09. The molecule has 0 spiro atoms. The normalized spacial score (nSPS) is 12.2. The SMILES string of the molecule is Cc1ccccc1CC(N)c1ccc(N(C)C)cc1. The number of anilines is 1. The molecule has 1 atom stereocenters. The van der Waals surface area contributed by atoms with E-state index in [0.29, 0.717) is 0 Å². The minimum absolute atomic E-state index is 0.0531. The lowest BCUT2D eigenvalue weighted by Crippen LogP contribution is -2.14. The Morgan fingerprint density at radius 2 is 1.63 bits per heavy atom. The molecule has 0 aliphatic rings. The molecule has 2 aromatic rings. The van der Waals surface area contributed by atoms with Gasteiger partial charge in [0.15, 0.2) is 0 Å². The first kappa shape index (κ1) is 13.6. The van der Waals surface area contributed by atoms with Crippen LogP contribution in [0.5, 0.6) is 0 Å². The van der Waals surface area contributed by atoms with Crippen LogP contribution in [0.4, 0.5) is 5.69 Å². The van der Waals surface area contributed by atoms with Crippen molar-refractivity contribution in [1.29, 1.82) is 0 Å². The standard InChI is InChI=1S/C17H22N2/c1-13-6-4-5-7-15(13)12-17(18)14-8-10-16(11-9-14)19(2)3/h4-11,17H,12,18H2,1-3H3. The van der Waals surface area contributed by atoms with Crippen LogP contribution in [-0.4, -0.2) is 14.1 Å². The third-order valence-electron chi connectivity index (χ3n) is 3.54. The van der Waals surface area contributed by atoms with Gasteiger partial charge in [0.1, 0.15) is 0 Å². The Balaban J connectivity index is 2.12. The predicted octanol–water partition coefficient (Wildman–Crippen LogP) is 3.30. The van der Waals surface area contributed by atoms with E-state index >= 15 is 0 Å². The summed E-state index contributed by atoms with van der Waals surface area (Å²) in [5.74, 6) is 0. The third kappa shape index (κ3) is 3.36. The highest BCUT2D eigenvalue weighted by molar-refractivity contribution is 5.46. The first-order valence-corrected chi connectivity index (χ1v) is 6.65. The highest BCUT2D eigenvalue weighted by Crippen LogP contribution is 2.20. The second-order valence-electron chi connectivity index (χ2n) is 5.22. The molecule has 2 heteroatoms. The van der Waals surface area contributed by atoms with Crippen molar-refractivity contribution in [2.45, 2.75) is 19.4 Å². The van der Waals surface area contributed by atoms with Crippen molar-refractivity contribution < 1.29 is 0 Å². The average molecular weight is 254 g/mol. The number of hydrogen-bond acceptors (Lipinski definition) is 2. The van der Waals surface area contributed by atoms with E-state index in [2.05, 4.69) is 60.4 Å². The quantitative estimate of drug-likeness (QED) is 0.907. The minimum Gasteiger partial charge on any atom is -0.378 e. The largest absolute Gasteiger partial charge is 0.378 e. The Morgan fingerprint density at radius 1 is 1.00 bits per heavy atom. The molecule has 0 fully saturated rings. The fourth-order valence-electron chi connectivity index (χ4n) is 2.21. The van der Waals surface area contributed by atoms with Crippen LogP contribution < -0.4 is 10.6 Å². The molecule has 0 saturated heterocycles. The smallest absolute Gasteiger partial charge is 0.0361 e. The van der Waals surface area contributed by atoms with Crippen molar-refractivity contribution in [1.82, 2.24) is 0 Å². The van der Waals surface area contributed by atoms with Crippen LogP contribution >= 0.6 is 0 Å². The van der Waals surface area contributed by atoms with Gasteiger partial charge in [-0.2, -0.15) is 0 Å². The lowest BCUT2D eigenvalue weighted by atomic mass is 9.97. The summed E-state index contributed by atoms with van der Waals surface area (Å²) < 4.78 is 0. The second-order valence-corrected chi connectivity index (χ2v) is 5.22. The Bertz CT molecular complexity index is 529. The lowest BCUT2D eigenvalue weighted by Gasteiger charge is -2.16. The number of nitrogens with zero attached hydrogens (tertiary/aromatic N) is 1. The fourth-order valence-corrected chi connectivity index (χ4v) is 2.21. The summed E-state index contributed by atoms with van der Waals surface area (Å²) in [6.07, 6.45) is 0.883. The Hall–Kier alpha value is -1.80. The molecule has 0 amide bonds. The predicted molar refractivity (Wildman–Crippen MR) is 82.6 cm³/mol. The molecule has 2 aromatic carbocycles. The van der Waals surface area contributed by atoms with Crippen LogP contribution in [0.15, 0.2) is 48.5 Å². The van der Waals surface area contributed by atoms with Crippen molar-refractivity contribution in [3.05, 3.63) is 65.2 Å². The van der Waals surface area contributed by atoms with Gasteiger partial charge in [0, 0.05) is 25.8 Å². The van der Waals surface area contributed by atoms with Gasteiger partial charge in [0.05, 0.1) is 0 Å². The van der Waals surface area contributed by atoms with Gasteiger partial charge in [-0.25, -0.2) is 0 Å². The molecule has 100 valence electrons. The lowest BCUT2D eigenvalue weighted by molar-refractivity contribution is 0.719. The summed E-state index contributed by atoms with van der Waals surface area (Å²) in [4.78, 5) is 2.09. The molecule has 1 unspecified atom stereocenters. The number of hydrogen-bond donors (Lipinski definition) is 1. The van der Waals surface area contributed by atoms with Crippen LogP contribution in [0.25, 0.3) is 0 Å². The van der Waals surface area contributed by atoms with Gasteiger partial charge < -0.3 is 10.6 Å². The van der Waals surface area contributed by atoms with E-state index in [-0.39, 0.29) is 6.04 Å². The number of aryl methyl sites for hydroxylation is 1. The molecule has 2 rings (SSSR count). The van der Waals surface area contributed by atoms with Gasteiger partial charge in [0.2, 0.25) is 0 Å². The average Bonchev–Trinajstić information content (AvgIpc) is 2.41. The van der Waals surface area contributed by atoms with Crippen molar-refractivity contribution in [3.63, 3.8) is 0 Å². The van der Waals surface area contributed by atoms with Crippen LogP contribution in [0.2, 0.25) is 0 Å². The molecule has 2 N–H and O–H groups in total. The molecule has 0 heterocycles. The summed E-state index contributed by atoms with van der Waals surface area (Å²) >= 11 is 0. The van der Waals surface area contributed by atoms with Crippen molar-refractivity contribution in [2.75, 3.05) is 19.0 Å². The zero-order valence-corrected chi connectivity index (χ0v) is 11.9. The molecule has 2 nitrogen and oxygen atoms in total. The van der Waals surface area contributed by atoms with E-state index < -0.39 is 0 Å². The van der Waals surface area contributed by atoms with E-state index in [1.807, 2.05) is 14.1 Å². The Morgan fingerprint density at radius 3 is 2.21 bits per heavy atom. The molecular weight excluding hydrogens is 232 g/mol. The second kappa shape index (κ2) is 5.89. The van der Waals surface area contributed by atoms with Crippen molar-refractivity contribution >= 4 is 5.69 Å². The molecular formula is C17H22N2. The Labute approximate surface area is 115 Å². The maximum absolute atomic E-state index is 6.31. The Kier molecular flexibility index (Phi) is 4.23. The molecule has 0 aliphatic heterocycles. The first-order chi connectivity index (χ1) is 9.08. The third-order valence-corrected chi connectivity index (χ3v) is 3.54. The molecule has 19 heavy (non-hydrogen) atoms. The summed E-state index contributed by atoms with van der Waals surface area (Å²) in [6, 6.07) is 17.0. The number of benzene rings is 2. The van der Waals surface area contributed by atoms with E-state index in [4.69, 9.17) is 5.73 Å². The van der Waals surface area contributed by atoms with Crippen LogP contribution in [-0.2, 0) is 6.42 Å². The maximum atomic E-state index is 6.31. The van der Waals surface area contributed by atoms with Gasteiger partial charge in [-0.05, 0) is 42.2 Å². The zero-order valence-electron chi connectivity index (χ0n) is 11.9. The van der Waals surface area contributed by atoms with Crippen molar-refractivity contribution in [3.8, 4) is 0 Å². The summed E-state index contributed by atoms with van der Waals surface area (Å²) in [6.45, 7) is 2.14. The zero-order chi connectivity index (χ0) is 13.8. The molecule has 0 radical (unpaired) electrons. The molecule has 0 aliphatic carbocycles. The fraction of sp³-hybridized carbons (Fsp3) is 0.294. The van der Waals surface area contributed by atoms with E-state index in [1.165, 1.54) is 22.4 Å². The monoisotopic (exact) mass is 254 g/mol. The van der Waals surface area contributed by atoms with Gasteiger partial charge in [-0.15, -0.1) is 0 Å². The summed E-state index contributed by atoms with van der Waals surface area (Å²) in [5.41, 5.74) is 11.3. The van der Waals surface area contributed by atoms with Crippen molar-refractivity contribution in [2.24, 2.45) is 5.73 Å². The van der Waals surface area contributed by atoms with Crippen LogP contribution in [0, 0.1) is 6.92 Å². The van der Waals surface area contributed by atoms with Gasteiger partial charge >= 0.3 is 0 Å². The highest BCUT2D eigenvalue weighted by Gasteiger charge is 2.08. The molecule has 0 bridgehead atoms. The summed E-state index contributed by atoms with van der Waals surface area (Å²) in [5, 5.41) is 0. The molecule has 0 aromatic heterocycles. The van der Waals surface area contributed by atoms with Crippen LogP contribution in [0.3, 0.4) is 0 Å². The van der Waals surface area contributed by atoms with Crippen LogP contribution in [0.1, 0.15) is 22.7 Å². The first-order valence-electron chi connectivity index (χ1n) is 6.65. The van der Waals surface area contributed by atoms with Gasteiger partial charge in [-0.1, -0.05) is 36.4 Å². The van der Waals surface area contributed by atoms with Gasteiger partial charge in [0.25, 0.3) is 0 Å². The number of rotatable bonds is 4. The highest BCUT2D eigenvalue weighted by atomic mass is 15.1. The number of nitrogens with two attached hydrogens (primary N) is 1. The maximum Gasteiger partial charge on any atom is 0.0361 e. The minimum atomic E-state index is 0.0531. The van der Waals surface area contributed by atoms with E-state index in [1.54, 1.807) is 0 Å². The van der Waals surface area contributed by atoms with E-state index in [9.17, 15) is 0 Å². The molecule has 0 saturated carbocycles. The van der Waals surface area contributed by atoms with E-state index in [0.717, 1.165) is 6.42 Å². The topological polar surface area (TPSA) is 29.3 Å². The van der Waals surface area contributed by atoms with Gasteiger partial charge in [-0.3, -0.25) is 0 Å².